The highest BCUT2D eigenvalue weighted by atomic mass is 32.2. The fraction of sp³-hybridized carbons (Fsp3) is 0.286. The first-order valence-electron chi connectivity index (χ1n) is 9.97. The third kappa shape index (κ3) is 5.21. The maximum absolute atomic E-state index is 12.4. The van der Waals surface area contributed by atoms with Gasteiger partial charge in [0, 0.05) is 44.5 Å². The highest BCUT2D eigenvalue weighted by Crippen LogP contribution is 2.21. The van der Waals surface area contributed by atoms with Crippen molar-refractivity contribution in [2.24, 2.45) is 0 Å². The van der Waals surface area contributed by atoms with Crippen molar-refractivity contribution in [2.45, 2.75) is 12.1 Å². The number of tetrazole rings is 1. The van der Waals surface area contributed by atoms with Gasteiger partial charge in [0.1, 0.15) is 0 Å². The average Bonchev–Trinajstić information content (AvgIpc) is 3.28. The summed E-state index contributed by atoms with van der Waals surface area (Å²) in [5, 5.41) is 15.2. The lowest BCUT2D eigenvalue weighted by molar-refractivity contribution is -0.129. The second-order valence-electron chi connectivity index (χ2n) is 7.09. The van der Waals surface area contributed by atoms with Crippen molar-refractivity contribution < 1.29 is 9.59 Å². The predicted molar refractivity (Wildman–Crippen MR) is 119 cm³/mol. The van der Waals surface area contributed by atoms with Gasteiger partial charge in [0.15, 0.2) is 0 Å². The summed E-state index contributed by atoms with van der Waals surface area (Å²) in [6, 6.07) is 17.3. The quantitative estimate of drug-likeness (QED) is 0.590. The Morgan fingerprint density at radius 2 is 1.68 bits per heavy atom. The molecule has 160 valence electrons. The van der Waals surface area contributed by atoms with E-state index in [1.807, 2.05) is 59.5 Å². The second kappa shape index (κ2) is 9.61. The maximum Gasteiger partial charge on any atom is 0.234 e. The molecule has 0 radical (unpaired) electrons. The summed E-state index contributed by atoms with van der Waals surface area (Å²) in [5.74, 6) is 0.186. The normalized spacial score (nSPS) is 13.8. The lowest BCUT2D eigenvalue weighted by atomic mass is 10.2. The smallest absolute Gasteiger partial charge is 0.234 e. The van der Waals surface area contributed by atoms with Gasteiger partial charge in [-0.3, -0.25) is 9.59 Å². The standard InChI is InChI=1S/C21H23N7O2S/c1-16(29)26-11-13-27(14-12-26)18-9-7-17(8-10-18)22-20(30)15-31-21-23-24-25-28(21)19-5-3-2-4-6-19/h2-10H,11-15H2,1H3,(H,22,30). The molecule has 1 aromatic heterocycles. The van der Waals surface area contributed by atoms with Gasteiger partial charge in [-0.05, 0) is 46.8 Å². The largest absolute Gasteiger partial charge is 0.368 e. The zero-order valence-corrected chi connectivity index (χ0v) is 18.0. The molecule has 1 fully saturated rings. The third-order valence-corrected chi connectivity index (χ3v) is 5.93. The molecule has 3 aromatic rings. The van der Waals surface area contributed by atoms with Gasteiger partial charge in [0.2, 0.25) is 17.0 Å². The van der Waals surface area contributed by atoms with Crippen molar-refractivity contribution in [3.05, 3.63) is 54.6 Å². The van der Waals surface area contributed by atoms with Crippen LogP contribution < -0.4 is 10.2 Å². The van der Waals surface area contributed by atoms with Crippen LogP contribution in [0.5, 0.6) is 0 Å². The van der Waals surface area contributed by atoms with Gasteiger partial charge in [-0.2, -0.15) is 4.68 Å². The molecule has 1 saturated heterocycles. The molecule has 0 saturated carbocycles. The van der Waals surface area contributed by atoms with Crippen LogP contribution >= 0.6 is 11.8 Å². The number of piperazine rings is 1. The molecule has 0 aliphatic carbocycles. The molecule has 10 heteroatoms. The summed E-state index contributed by atoms with van der Waals surface area (Å²) in [4.78, 5) is 27.9. The number of nitrogens with zero attached hydrogens (tertiary/aromatic N) is 6. The van der Waals surface area contributed by atoms with Gasteiger partial charge in [-0.15, -0.1) is 5.10 Å². The number of amides is 2. The Bertz CT molecular complexity index is 1030. The summed E-state index contributed by atoms with van der Waals surface area (Å²) in [7, 11) is 0. The van der Waals surface area contributed by atoms with Crippen LogP contribution in [0.3, 0.4) is 0 Å². The van der Waals surface area contributed by atoms with Crippen LogP contribution in [-0.2, 0) is 9.59 Å². The number of carbonyl (C=O) groups excluding carboxylic acids is 2. The van der Waals surface area contributed by atoms with Gasteiger partial charge >= 0.3 is 0 Å². The molecule has 0 spiro atoms. The van der Waals surface area contributed by atoms with Crippen molar-refractivity contribution in [1.82, 2.24) is 25.1 Å². The van der Waals surface area contributed by atoms with Crippen LogP contribution in [0.25, 0.3) is 5.69 Å². The molecular formula is C21H23N7O2S. The van der Waals surface area contributed by atoms with E-state index in [1.54, 1.807) is 11.6 Å². The monoisotopic (exact) mass is 437 g/mol. The SMILES string of the molecule is CC(=O)N1CCN(c2ccc(NC(=O)CSc3nnnn3-c3ccccc3)cc2)CC1. The summed E-state index contributed by atoms with van der Waals surface area (Å²) < 4.78 is 1.61. The van der Waals surface area contributed by atoms with Crippen molar-refractivity contribution in [1.29, 1.82) is 0 Å². The van der Waals surface area contributed by atoms with E-state index in [9.17, 15) is 9.59 Å². The van der Waals surface area contributed by atoms with Crippen molar-refractivity contribution in [3.8, 4) is 5.69 Å². The minimum atomic E-state index is -0.129. The molecule has 0 unspecified atom stereocenters. The molecule has 1 aliphatic rings. The summed E-state index contributed by atoms with van der Waals surface area (Å²) in [6.45, 7) is 4.67. The minimum absolute atomic E-state index is 0.119. The first kappa shape index (κ1) is 20.9. The maximum atomic E-state index is 12.4. The Hall–Kier alpha value is -3.40. The molecule has 2 heterocycles. The van der Waals surface area contributed by atoms with Gasteiger partial charge in [0.05, 0.1) is 11.4 Å². The molecule has 2 aromatic carbocycles. The summed E-state index contributed by atoms with van der Waals surface area (Å²) in [5.41, 5.74) is 2.66. The molecule has 9 nitrogen and oxygen atoms in total. The molecule has 31 heavy (non-hydrogen) atoms. The second-order valence-corrected chi connectivity index (χ2v) is 8.03. The first-order valence-corrected chi connectivity index (χ1v) is 11.0. The lowest BCUT2D eigenvalue weighted by Gasteiger charge is -2.35. The number of hydrogen-bond acceptors (Lipinski definition) is 7. The molecule has 0 bridgehead atoms. The van der Waals surface area contributed by atoms with Crippen molar-refractivity contribution >= 4 is 35.0 Å². The number of carbonyl (C=O) groups is 2. The first-order chi connectivity index (χ1) is 15.1. The van der Waals surface area contributed by atoms with Crippen molar-refractivity contribution in [2.75, 3.05) is 42.1 Å². The fourth-order valence-corrected chi connectivity index (χ4v) is 4.05. The number of thioether (sulfide) groups is 1. The highest BCUT2D eigenvalue weighted by Gasteiger charge is 2.18. The Balaban J connectivity index is 1.29. The minimum Gasteiger partial charge on any atom is -0.368 e. The Morgan fingerprint density at radius 1 is 0.968 bits per heavy atom. The predicted octanol–water partition coefficient (Wildman–Crippen LogP) is 2.06. The van der Waals surface area contributed by atoms with Crippen LogP contribution in [0.4, 0.5) is 11.4 Å². The highest BCUT2D eigenvalue weighted by molar-refractivity contribution is 7.99. The van der Waals surface area contributed by atoms with Gasteiger partial charge in [-0.1, -0.05) is 30.0 Å². The summed E-state index contributed by atoms with van der Waals surface area (Å²) in [6.07, 6.45) is 0. The summed E-state index contributed by atoms with van der Waals surface area (Å²) >= 11 is 1.28. The zero-order chi connectivity index (χ0) is 21.6. The van der Waals surface area contributed by atoms with Gasteiger partial charge in [0.25, 0.3) is 0 Å². The molecule has 1 N–H and O–H groups in total. The molecule has 0 atom stereocenters. The number of anilines is 2. The van der Waals surface area contributed by atoms with Crippen LogP contribution in [-0.4, -0.2) is 68.9 Å². The van der Waals surface area contributed by atoms with Crippen LogP contribution in [0, 0.1) is 0 Å². The number of rotatable bonds is 6. The number of benzene rings is 2. The number of hydrogen-bond donors (Lipinski definition) is 1. The van der Waals surface area contributed by atoms with E-state index in [-0.39, 0.29) is 17.6 Å². The number of para-hydroxylation sites is 1. The lowest BCUT2D eigenvalue weighted by Crippen LogP contribution is -2.48. The average molecular weight is 438 g/mol. The zero-order valence-electron chi connectivity index (χ0n) is 17.1. The van der Waals surface area contributed by atoms with E-state index in [2.05, 4.69) is 25.7 Å². The molecule has 1 aliphatic heterocycles. The van der Waals surface area contributed by atoms with Gasteiger partial charge in [-0.25, -0.2) is 0 Å². The van der Waals surface area contributed by atoms with E-state index in [0.29, 0.717) is 5.16 Å². The Morgan fingerprint density at radius 3 is 2.35 bits per heavy atom. The number of aromatic nitrogens is 4. The van der Waals surface area contributed by atoms with E-state index in [0.717, 1.165) is 43.2 Å². The van der Waals surface area contributed by atoms with Crippen LogP contribution in [0.15, 0.2) is 59.8 Å². The molecule has 4 rings (SSSR count). The molecular weight excluding hydrogens is 414 g/mol. The fourth-order valence-electron chi connectivity index (χ4n) is 3.36. The van der Waals surface area contributed by atoms with E-state index in [4.69, 9.17) is 0 Å². The van der Waals surface area contributed by atoms with E-state index >= 15 is 0 Å². The van der Waals surface area contributed by atoms with Crippen LogP contribution in [0.2, 0.25) is 0 Å². The number of nitrogens with one attached hydrogen (secondary N) is 1. The van der Waals surface area contributed by atoms with E-state index in [1.165, 1.54) is 11.8 Å². The Labute approximate surface area is 184 Å². The third-order valence-electron chi connectivity index (χ3n) is 5.02. The van der Waals surface area contributed by atoms with Crippen LogP contribution in [0.1, 0.15) is 6.92 Å². The Kier molecular flexibility index (Phi) is 6.46. The van der Waals surface area contributed by atoms with Gasteiger partial charge < -0.3 is 15.1 Å². The van der Waals surface area contributed by atoms with E-state index < -0.39 is 0 Å². The van der Waals surface area contributed by atoms with Crippen molar-refractivity contribution in [3.63, 3.8) is 0 Å². The topological polar surface area (TPSA) is 96.2 Å². The molecule has 2 amide bonds.